The standard InChI is InChI=1S/C24H27NO8S.C23H30BrCl2NO5S.C23H27ClO4S2.C22H28O6S/c26-8-9-32-24(30)20-5-4-15(33-20)12-31-11-14-10-19(28)23(29)17(14)13-34-21-6-7-25-22-16(21)2-1-3-18(22)27;1-15(29)32-13-17-11-18(12-21(25)27-17)33-14-19-16(10-20(24)23(19)26)6-4-2-3-5-7-22(30)31-9-8-28;24-18-15-30-21-8-5-7-20(23(18)21)29-14-17-16(10-11-19(17)26)6-3-1-2-4-9-22(27)28-13-12-25;23-10-13-28-22(25)6-1-2-11-26-14-16-7-8-19(24)18(16)15-29-21-5-3-4-20-17(21)9-12-27-20/h4-7,14,17-18,26-27H,1-3,8-13H2;2,4,11-12,16,19-20,23,28H,3,5-10,13-14H2,1H3;5,7-8,10-11,15-17,25H,1-4,6,9,12-14H2;3-5,9,12,16,18,23H,1-2,6-8,10-11,13-15H2/b;4-2-;;/t14-,17-,18?;16-,19+,20?,23?;16-,17+;16-,18-/m1001/s1. The smallest absolute Gasteiger partial charge is 0.374 e. The summed E-state index contributed by atoms with van der Waals surface area (Å²) in [7, 11) is 0. The highest BCUT2D eigenvalue weighted by Gasteiger charge is 2.43. The maximum Gasteiger partial charge on any atom is 0.374 e. The summed E-state index contributed by atoms with van der Waals surface area (Å²) in [6.45, 7) is 2.29. The van der Waals surface area contributed by atoms with Gasteiger partial charge in [0.1, 0.15) is 61.9 Å². The normalized spacial score (nSPS) is 20.7. The van der Waals surface area contributed by atoms with Crippen molar-refractivity contribution in [3.05, 3.63) is 154 Å². The first kappa shape index (κ1) is 103. The van der Waals surface area contributed by atoms with Crippen LogP contribution in [0.4, 0.5) is 0 Å². The number of allylic oxidation sites excluding steroid dienone is 4. The van der Waals surface area contributed by atoms with E-state index in [0.717, 1.165) is 147 Å². The predicted molar refractivity (Wildman–Crippen MR) is 491 cm³/mol. The molecule has 686 valence electrons. The van der Waals surface area contributed by atoms with Crippen molar-refractivity contribution in [2.45, 2.75) is 184 Å². The molecule has 0 saturated heterocycles. The van der Waals surface area contributed by atoms with Crippen molar-refractivity contribution in [2.75, 3.05) is 95.7 Å². The number of aliphatic hydroxyl groups excluding tert-OH is 5. The number of carbonyl (C=O) groups is 9. The molecule has 0 radical (unpaired) electrons. The molecule has 0 spiro atoms. The summed E-state index contributed by atoms with van der Waals surface area (Å²) in [6.07, 6.45) is 25.9. The van der Waals surface area contributed by atoms with E-state index >= 15 is 0 Å². The van der Waals surface area contributed by atoms with E-state index in [1.807, 2.05) is 47.8 Å². The van der Waals surface area contributed by atoms with E-state index in [0.29, 0.717) is 97.4 Å². The lowest BCUT2D eigenvalue weighted by atomic mass is 9.91. The minimum atomic E-state index is -0.671. The van der Waals surface area contributed by atoms with Gasteiger partial charge in [-0.05, 0) is 173 Å². The van der Waals surface area contributed by atoms with Crippen molar-refractivity contribution in [3.8, 4) is 0 Å². The molecule has 0 bridgehead atoms. The first-order chi connectivity index (χ1) is 61.1. The highest BCUT2D eigenvalue weighted by atomic mass is 79.9. The molecule has 5 aliphatic rings. The number of thiophene rings is 1. The molecule has 5 heterocycles. The number of ether oxygens (including phenoxy) is 7. The number of nitrogens with zero attached hydrogens (tertiary/aromatic N) is 2. The summed E-state index contributed by atoms with van der Waals surface area (Å²) in [5, 5.41) is 50.2. The topological polar surface area (TPSA) is 371 Å². The second kappa shape index (κ2) is 56.3. The first-order valence-corrected chi connectivity index (χ1v) is 49.6. The number of unbranched alkanes of at least 4 members (excludes halogenated alkanes) is 5. The van der Waals surface area contributed by atoms with E-state index in [9.17, 15) is 48.3 Å². The number of Topliss-reactive ketones (excluding diaryl/α,β-unsaturated/α-hetero) is 3. The molecule has 3 saturated carbocycles. The first-order valence-electron chi connectivity index (χ1n) is 42.7. The van der Waals surface area contributed by atoms with Gasteiger partial charge in [0.05, 0.1) is 68.4 Å². The van der Waals surface area contributed by atoms with Gasteiger partial charge in [-0.25, -0.2) is 9.78 Å². The average molecular weight is 1960 g/mol. The van der Waals surface area contributed by atoms with E-state index in [2.05, 4.69) is 62.3 Å². The molecule has 11 atom stereocenters. The number of hydrogen-bond acceptors (Lipinski definition) is 30. The number of aliphatic hydroxyl groups is 5. The summed E-state index contributed by atoms with van der Waals surface area (Å²) in [5.41, 5.74) is 3.23. The number of aromatic nitrogens is 2. The van der Waals surface area contributed by atoms with Crippen LogP contribution in [0.15, 0.2) is 143 Å². The Morgan fingerprint density at radius 3 is 2.10 bits per heavy atom. The van der Waals surface area contributed by atoms with Crippen LogP contribution in [-0.2, 0) is 91.1 Å². The zero-order chi connectivity index (χ0) is 90.1. The van der Waals surface area contributed by atoms with E-state index in [1.165, 1.54) is 29.5 Å². The minimum absolute atomic E-state index is 0.0124. The molecule has 3 unspecified atom stereocenters. The Labute approximate surface area is 778 Å². The van der Waals surface area contributed by atoms with Crippen molar-refractivity contribution in [1.29, 1.82) is 0 Å². The molecule has 7 aromatic rings. The van der Waals surface area contributed by atoms with Crippen LogP contribution < -0.4 is 0 Å². The maximum absolute atomic E-state index is 12.5. The molecule has 25 nitrogen and oxygen atoms in total. The molecular formula is C92H112BrCl3N2O23S5. The fourth-order valence-electron chi connectivity index (χ4n) is 15.3. The number of thioether (sulfide) groups is 4. The third-order valence-corrected chi connectivity index (χ3v) is 30.1. The summed E-state index contributed by atoms with van der Waals surface area (Å²) >= 11 is 31.2. The monoisotopic (exact) mass is 1960 g/mol. The van der Waals surface area contributed by atoms with E-state index in [-0.39, 0.29) is 166 Å². The van der Waals surface area contributed by atoms with Crippen LogP contribution in [-0.4, -0.2) is 194 Å². The Hall–Kier alpha value is -6.50. The second-order valence-electron chi connectivity index (χ2n) is 31.0. The number of esters is 5. The lowest BCUT2D eigenvalue weighted by molar-refractivity contribution is -0.145. The highest BCUT2D eigenvalue weighted by molar-refractivity contribution is 9.09. The van der Waals surface area contributed by atoms with Gasteiger partial charge in [-0.1, -0.05) is 88.8 Å². The van der Waals surface area contributed by atoms with Gasteiger partial charge in [-0.2, -0.15) is 0 Å². The molecule has 12 rings (SSSR count). The Kier molecular flexibility index (Phi) is 46.1. The number of ketones is 4. The number of alkyl halides is 2. The fraction of sp³-hybridized carbons (Fsp3) is 0.533. The van der Waals surface area contributed by atoms with Gasteiger partial charge in [0.2, 0.25) is 11.5 Å². The molecule has 126 heavy (non-hydrogen) atoms. The van der Waals surface area contributed by atoms with Gasteiger partial charge in [0.15, 0.2) is 11.6 Å². The molecule has 34 heteroatoms. The third kappa shape index (κ3) is 33.7. The summed E-state index contributed by atoms with van der Waals surface area (Å²) < 4.78 is 47.9. The Balaban J connectivity index is 0.000000190. The van der Waals surface area contributed by atoms with E-state index in [4.69, 9.17) is 97.2 Å². The minimum Gasteiger partial charge on any atom is -0.464 e. The van der Waals surface area contributed by atoms with Gasteiger partial charge in [0.25, 0.3) is 0 Å². The van der Waals surface area contributed by atoms with E-state index < -0.39 is 18.0 Å². The third-order valence-electron chi connectivity index (χ3n) is 21.9. The number of furan rings is 2. The van der Waals surface area contributed by atoms with E-state index in [1.54, 1.807) is 71.2 Å². The summed E-state index contributed by atoms with van der Waals surface area (Å²) in [5.74, 6) is 1.91. The molecule has 5 aromatic heterocycles. The summed E-state index contributed by atoms with van der Waals surface area (Å²) in [4.78, 5) is 119. The van der Waals surface area contributed by atoms with Crippen LogP contribution in [0.2, 0.25) is 10.2 Å². The predicted octanol–water partition coefficient (Wildman–Crippen LogP) is 17.6. The molecule has 5 N–H and O–H groups in total. The lowest BCUT2D eigenvalue weighted by Gasteiger charge is -2.23. The van der Waals surface area contributed by atoms with Crippen molar-refractivity contribution >= 4 is 183 Å². The fourth-order valence-corrected chi connectivity index (χ4v) is 23.6. The van der Waals surface area contributed by atoms with Crippen LogP contribution in [0.25, 0.3) is 21.1 Å². The Bertz CT molecular complexity index is 4720. The van der Waals surface area contributed by atoms with Crippen LogP contribution in [0.1, 0.15) is 168 Å². The van der Waals surface area contributed by atoms with Crippen molar-refractivity contribution in [3.63, 3.8) is 0 Å². The van der Waals surface area contributed by atoms with Crippen LogP contribution >= 0.6 is 109 Å². The van der Waals surface area contributed by atoms with Gasteiger partial charge in [-0.3, -0.25) is 43.3 Å². The van der Waals surface area contributed by atoms with Crippen molar-refractivity contribution < 1.29 is 111 Å². The largest absolute Gasteiger partial charge is 0.464 e. The van der Waals surface area contributed by atoms with Crippen LogP contribution in [0.3, 0.4) is 0 Å². The summed E-state index contributed by atoms with van der Waals surface area (Å²) in [6, 6.07) is 22.8. The van der Waals surface area contributed by atoms with Crippen molar-refractivity contribution in [2.24, 2.45) is 47.3 Å². The zero-order valence-corrected chi connectivity index (χ0v) is 78.5. The number of halogens is 4. The Morgan fingerprint density at radius 1 is 0.667 bits per heavy atom. The number of fused-ring (bicyclic) bond motifs is 3. The van der Waals surface area contributed by atoms with Gasteiger partial charge in [-0.15, -0.1) is 70.0 Å². The van der Waals surface area contributed by atoms with Gasteiger partial charge >= 0.3 is 29.8 Å². The number of hydrogen-bond donors (Lipinski definition) is 5. The second-order valence-corrected chi connectivity index (χ2v) is 38.6. The lowest BCUT2D eigenvalue weighted by Crippen LogP contribution is -2.23. The average Bonchev–Trinajstić information content (AvgIpc) is 1.44. The quantitative estimate of drug-likeness (QED) is 0.00346. The maximum atomic E-state index is 12.5. The number of benzene rings is 2. The van der Waals surface area contributed by atoms with Gasteiger partial charge < -0.3 is 67.5 Å². The molecule has 3 fully saturated rings. The molecule has 0 aliphatic heterocycles. The zero-order valence-electron chi connectivity index (χ0n) is 70.5. The number of pyridine rings is 2. The van der Waals surface area contributed by atoms with Crippen molar-refractivity contribution in [1.82, 2.24) is 9.97 Å². The number of carbonyl (C=O) groups excluding carboxylic acids is 9. The molecule has 2 aromatic carbocycles. The highest BCUT2D eigenvalue weighted by Crippen LogP contribution is 2.46. The van der Waals surface area contributed by atoms with Crippen LogP contribution in [0, 0.1) is 47.3 Å². The molecule has 0 amide bonds. The SMILES string of the molecule is CC(=O)OCc1cc(SC[C@H]2C(Cl)C(Br)C[C@@H]2C/C=C\CCCC(=O)OCCO)cc(Cl)n1.O=C(CCCCCC[C@H]1C=CC(=O)[C@@H]1CSc1cccc2scc(Cl)c12)OCCO.O=C(CCCCOC[C@H]1CCC(=O)[C@@H]1CSc1cccc2occc12)OCCO.O=C1C[C@H](COCc2ccc(C(=O)OCCO)o2)[C@@H](CSc2ccnc3c2CCCC3O)C1=O. The molecular weight excluding hydrogens is 1850 g/mol. The van der Waals surface area contributed by atoms with Gasteiger partial charge in [0, 0.05) is 149 Å². The Morgan fingerprint density at radius 2 is 1.35 bits per heavy atom. The van der Waals surface area contributed by atoms with Crippen LogP contribution in [0.5, 0.6) is 0 Å². The molecule has 5 aliphatic carbocycles. The number of rotatable bonds is 47.